The van der Waals surface area contributed by atoms with Crippen LogP contribution < -0.4 is 10.2 Å². The van der Waals surface area contributed by atoms with Gasteiger partial charge in [-0.05, 0) is 36.8 Å². The van der Waals surface area contributed by atoms with Crippen molar-refractivity contribution in [2.75, 3.05) is 6.61 Å². The van der Waals surface area contributed by atoms with Gasteiger partial charge in [-0.3, -0.25) is 14.9 Å². The van der Waals surface area contributed by atoms with Crippen LogP contribution in [0, 0.1) is 17.0 Å². The monoisotopic (exact) mass is 363 g/mol. The molecule has 0 saturated carbocycles. The van der Waals surface area contributed by atoms with Gasteiger partial charge in [0.15, 0.2) is 6.61 Å². The number of non-ortho nitro benzene ring substituents is 1. The number of phenolic OH excluding ortho intramolecular Hbond substituents is 1. The van der Waals surface area contributed by atoms with E-state index in [9.17, 15) is 20.0 Å². The number of amides is 1. The topological polar surface area (TPSA) is 114 Å². The van der Waals surface area contributed by atoms with Crippen LogP contribution in [0.4, 0.5) is 5.69 Å². The molecule has 0 unspecified atom stereocenters. The third-order valence-corrected chi connectivity index (χ3v) is 3.54. The Morgan fingerprint density at radius 1 is 1.40 bits per heavy atom. The summed E-state index contributed by atoms with van der Waals surface area (Å²) >= 11 is 5.90. The van der Waals surface area contributed by atoms with Crippen molar-refractivity contribution in [2.45, 2.75) is 6.92 Å². The predicted octanol–water partition coefficient (Wildman–Crippen LogP) is 2.79. The largest absolute Gasteiger partial charge is 0.507 e. The van der Waals surface area contributed by atoms with E-state index in [2.05, 4.69) is 10.5 Å². The Morgan fingerprint density at radius 3 is 2.84 bits per heavy atom. The number of rotatable bonds is 6. The van der Waals surface area contributed by atoms with Crippen LogP contribution in [0.3, 0.4) is 0 Å². The van der Waals surface area contributed by atoms with Crippen molar-refractivity contribution in [3.63, 3.8) is 0 Å². The van der Waals surface area contributed by atoms with Gasteiger partial charge in [0.25, 0.3) is 11.6 Å². The Morgan fingerprint density at radius 2 is 2.16 bits per heavy atom. The second-order valence-electron chi connectivity index (χ2n) is 4.99. The van der Waals surface area contributed by atoms with Crippen molar-refractivity contribution >= 4 is 29.4 Å². The molecule has 1 amide bonds. The number of nitrogens with zero attached hydrogens (tertiary/aromatic N) is 2. The van der Waals surface area contributed by atoms with E-state index in [4.69, 9.17) is 16.3 Å². The first-order valence-electron chi connectivity index (χ1n) is 7.05. The average molecular weight is 364 g/mol. The Hall–Kier alpha value is -3.13. The second-order valence-corrected chi connectivity index (χ2v) is 5.40. The van der Waals surface area contributed by atoms with Gasteiger partial charge in [-0.15, -0.1) is 0 Å². The summed E-state index contributed by atoms with van der Waals surface area (Å²) < 4.78 is 5.30. The lowest BCUT2D eigenvalue weighted by Gasteiger charge is -2.06. The highest BCUT2D eigenvalue weighted by Gasteiger charge is 2.09. The Labute approximate surface area is 147 Å². The Balaban J connectivity index is 1.91. The van der Waals surface area contributed by atoms with E-state index in [1.165, 1.54) is 6.07 Å². The normalized spacial score (nSPS) is 10.6. The highest BCUT2D eigenvalue weighted by molar-refractivity contribution is 6.31. The van der Waals surface area contributed by atoms with Gasteiger partial charge in [0.05, 0.1) is 11.1 Å². The third-order valence-electron chi connectivity index (χ3n) is 3.11. The maximum absolute atomic E-state index is 11.7. The Kier molecular flexibility index (Phi) is 5.91. The van der Waals surface area contributed by atoms with Gasteiger partial charge < -0.3 is 9.84 Å². The molecular formula is C16H14ClN3O5. The molecule has 8 nitrogen and oxygen atoms in total. The predicted molar refractivity (Wildman–Crippen MR) is 92.2 cm³/mol. The molecule has 0 bridgehead atoms. The fourth-order valence-corrected chi connectivity index (χ4v) is 1.94. The van der Waals surface area contributed by atoms with E-state index >= 15 is 0 Å². The van der Waals surface area contributed by atoms with Crippen LogP contribution in [0.25, 0.3) is 0 Å². The summed E-state index contributed by atoms with van der Waals surface area (Å²) in [6.07, 6.45) is 1.10. The van der Waals surface area contributed by atoms with E-state index in [-0.39, 0.29) is 23.6 Å². The number of ether oxygens (including phenoxy) is 1. The zero-order valence-corrected chi connectivity index (χ0v) is 13.9. The molecule has 0 aromatic heterocycles. The molecule has 25 heavy (non-hydrogen) atoms. The fraction of sp³-hybridized carbons (Fsp3) is 0.125. The number of benzene rings is 2. The smallest absolute Gasteiger partial charge is 0.277 e. The minimum atomic E-state index is -0.600. The van der Waals surface area contributed by atoms with Crippen molar-refractivity contribution in [3.8, 4) is 11.5 Å². The summed E-state index contributed by atoms with van der Waals surface area (Å²) in [4.78, 5) is 21.8. The first-order valence-corrected chi connectivity index (χ1v) is 7.43. The van der Waals surface area contributed by atoms with Crippen molar-refractivity contribution in [3.05, 3.63) is 62.7 Å². The Bertz CT molecular complexity index is 839. The van der Waals surface area contributed by atoms with Crippen molar-refractivity contribution < 1.29 is 19.6 Å². The molecule has 2 aromatic carbocycles. The second kappa shape index (κ2) is 8.11. The quantitative estimate of drug-likeness (QED) is 0.465. The van der Waals surface area contributed by atoms with E-state index in [1.54, 1.807) is 18.2 Å². The molecule has 0 fully saturated rings. The molecule has 2 aromatic rings. The van der Waals surface area contributed by atoms with Crippen LogP contribution in [-0.2, 0) is 4.79 Å². The minimum Gasteiger partial charge on any atom is -0.507 e. The number of hydrazone groups is 1. The molecule has 9 heteroatoms. The average Bonchev–Trinajstić information content (AvgIpc) is 2.57. The number of nitro benzene ring substituents is 1. The number of hydrogen-bond donors (Lipinski definition) is 2. The molecule has 130 valence electrons. The van der Waals surface area contributed by atoms with Gasteiger partial charge >= 0.3 is 0 Å². The van der Waals surface area contributed by atoms with Crippen molar-refractivity contribution in [2.24, 2.45) is 5.10 Å². The molecule has 0 spiro atoms. The standard InChI is InChI=1S/C16H14ClN3O5/c1-10-6-13(3-4-14(10)17)25-9-16(22)19-18-8-11-7-12(20(23)24)2-5-15(11)21/h2-8,21H,9H2,1H3,(H,19,22)/b18-8-. The molecule has 0 aliphatic heterocycles. The lowest BCUT2D eigenvalue weighted by Crippen LogP contribution is -2.24. The van der Waals surface area contributed by atoms with Gasteiger partial charge in [-0.25, -0.2) is 5.43 Å². The summed E-state index contributed by atoms with van der Waals surface area (Å²) in [7, 11) is 0. The van der Waals surface area contributed by atoms with Gasteiger partial charge in [0.1, 0.15) is 11.5 Å². The van der Waals surface area contributed by atoms with Crippen LogP contribution in [0.5, 0.6) is 11.5 Å². The van der Waals surface area contributed by atoms with E-state index in [0.717, 1.165) is 23.9 Å². The molecular weight excluding hydrogens is 350 g/mol. The lowest BCUT2D eigenvalue weighted by atomic mass is 10.2. The van der Waals surface area contributed by atoms with Crippen molar-refractivity contribution in [1.29, 1.82) is 0 Å². The van der Waals surface area contributed by atoms with Gasteiger partial charge in [-0.1, -0.05) is 11.6 Å². The lowest BCUT2D eigenvalue weighted by molar-refractivity contribution is -0.384. The van der Waals surface area contributed by atoms with Crippen molar-refractivity contribution in [1.82, 2.24) is 5.43 Å². The maximum Gasteiger partial charge on any atom is 0.277 e. The van der Waals surface area contributed by atoms with Gasteiger partial charge in [0, 0.05) is 22.7 Å². The first kappa shape index (κ1) is 18.2. The van der Waals surface area contributed by atoms with Crippen LogP contribution >= 0.6 is 11.6 Å². The molecule has 0 aliphatic carbocycles. The number of hydrogen-bond acceptors (Lipinski definition) is 6. The summed E-state index contributed by atoms with van der Waals surface area (Å²) in [6.45, 7) is 1.53. The number of halogens is 1. The molecule has 2 rings (SSSR count). The zero-order valence-electron chi connectivity index (χ0n) is 13.1. The van der Waals surface area contributed by atoms with Crippen LogP contribution in [0.1, 0.15) is 11.1 Å². The number of phenols is 1. The molecule has 2 N–H and O–H groups in total. The molecule has 0 heterocycles. The van der Waals surface area contributed by atoms with Crippen LogP contribution in [-0.4, -0.2) is 28.8 Å². The molecule has 0 saturated heterocycles. The maximum atomic E-state index is 11.7. The number of nitrogens with one attached hydrogen (secondary N) is 1. The first-order chi connectivity index (χ1) is 11.9. The summed E-state index contributed by atoms with van der Waals surface area (Å²) in [6, 6.07) is 8.46. The third kappa shape index (κ3) is 5.18. The minimum absolute atomic E-state index is 0.101. The molecule has 0 radical (unpaired) electrons. The van der Waals surface area contributed by atoms with E-state index in [1.807, 2.05) is 6.92 Å². The highest BCUT2D eigenvalue weighted by atomic mass is 35.5. The van der Waals surface area contributed by atoms with Gasteiger partial charge in [0.2, 0.25) is 0 Å². The number of aryl methyl sites for hydroxylation is 1. The number of aromatic hydroxyl groups is 1. The number of carbonyl (C=O) groups is 1. The summed E-state index contributed by atoms with van der Waals surface area (Å²) in [5.74, 6) is -0.248. The number of nitro groups is 1. The SMILES string of the molecule is Cc1cc(OCC(=O)N/N=C\c2cc([N+](=O)[O-])ccc2O)ccc1Cl. The molecule has 0 aliphatic rings. The fourth-order valence-electron chi connectivity index (χ4n) is 1.82. The van der Waals surface area contributed by atoms with Crippen LogP contribution in [0.15, 0.2) is 41.5 Å². The summed E-state index contributed by atoms with van der Waals surface area (Å²) in [5.41, 5.74) is 2.92. The van der Waals surface area contributed by atoms with E-state index in [0.29, 0.717) is 10.8 Å². The number of carbonyl (C=O) groups excluding carboxylic acids is 1. The van der Waals surface area contributed by atoms with Gasteiger partial charge in [-0.2, -0.15) is 5.10 Å². The highest BCUT2D eigenvalue weighted by Crippen LogP contribution is 2.22. The van der Waals surface area contributed by atoms with E-state index < -0.39 is 10.8 Å². The molecule has 0 atom stereocenters. The zero-order chi connectivity index (χ0) is 18.4. The van der Waals surface area contributed by atoms with Crippen LogP contribution in [0.2, 0.25) is 5.02 Å². The summed E-state index contributed by atoms with van der Waals surface area (Å²) in [5, 5.41) is 24.6.